The largest absolute Gasteiger partial charge is 0.444 e. The van der Waals surface area contributed by atoms with Crippen LogP contribution in [0.15, 0.2) is 36.4 Å². The van der Waals surface area contributed by atoms with E-state index in [-0.39, 0.29) is 17.0 Å². The van der Waals surface area contributed by atoms with Crippen LogP contribution in [0.2, 0.25) is 0 Å². The Morgan fingerprint density at radius 3 is 2.48 bits per heavy atom. The lowest BCUT2D eigenvalue weighted by Gasteiger charge is -2.37. The number of benzene rings is 1. The molecule has 7 heteroatoms. The quantitative estimate of drug-likeness (QED) is 0.358. The van der Waals surface area contributed by atoms with Crippen molar-refractivity contribution in [3.63, 3.8) is 0 Å². The van der Waals surface area contributed by atoms with Crippen molar-refractivity contribution < 1.29 is 24.0 Å². The van der Waals surface area contributed by atoms with Crippen molar-refractivity contribution in [3.05, 3.63) is 52.1 Å². The molecule has 0 N–H and O–H groups in total. The van der Waals surface area contributed by atoms with Gasteiger partial charge in [0.15, 0.2) is 11.4 Å². The number of allylic oxidation sites excluding steroid dienone is 1. The molecule has 0 aliphatic heterocycles. The van der Waals surface area contributed by atoms with Crippen LogP contribution in [0.3, 0.4) is 0 Å². The van der Waals surface area contributed by atoms with Gasteiger partial charge in [-0.15, -0.1) is 0 Å². The smallest absolute Gasteiger partial charge is 0.339 e. The summed E-state index contributed by atoms with van der Waals surface area (Å²) in [5.74, 6) is -1.02. The first-order valence-corrected chi connectivity index (χ1v) is 7.09. The monoisotopic (exact) mass is 319 g/mol. The van der Waals surface area contributed by atoms with E-state index in [1.165, 1.54) is 38.3 Å². The summed E-state index contributed by atoms with van der Waals surface area (Å²) in [6.45, 7) is 1.36. The predicted molar refractivity (Wildman–Crippen MR) is 81.1 cm³/mol. The Labute approximate surface area is 133 Å². The van der Waals surface area contributed by atoms with Gasteiger partial charge in [0.05, 0.1) is 10.5 Å². The molecule has 0 saturated carbocycles. The number of esters is 1. The van der Waals surface area contributed by atoms with E-state index in [1.807, 2.05) is 6.08 Å². The lowest BCUT2D eigenvalue weighted by molar-refractivity contribution is -0.384. The number of hydrogen-bond donors (Lipinski definition) is 0. The summed E-state index contributed by atoms with van der Waals surface area (Å²) in [5.41, 5.74) is -1.36. The Balaban J connectivity index is 2.26. The standard InChI is InChI=1S/C16H17NO6/c1-11(18)16(10-4-3-5-14(16)22-2)23-15(19)12-6-8-13(9-7-12)17(20)21/h3,5-9,14H,4,10H2,1-2H3/t14-,16+/m0/s1. The maximum absolute atomic E-state index is 12.3. The van der Waals surface area contributed by atoms with Gasteiger partial charge in [-0.3, -0.25) is 14.9 Å². The Morgan fingerprint density at radius 2 is 1.96 bits per heavy atom. The van der Waals surface area contributed by atoms with E-state index in [2.05, 4.69) is 0 Å². The number of carbonyl (C=O) groups excluding carboxylic acids is 2. The van der Waals surface area contributed by atoms with Crippen molar-refractivity contribution in [3.8, 4) is 0 Å². The molecule has 2 rings (SSSR count). The van der Waals surface area contributed by atoms with Gasteiger partial charge >= 0.3 is 5.97 Å². The van der Waals surface area contributed by atoms with Crippen LogP contribution < -0.4 is 0 Å². The Hall–Kier alpha value is -2.54. The first-order valence-electron chi connectivity index (χ1n) is 7.09. The molecule has 1 aromatic rings. The highest BCUT2D eigenvalue weighted by Crippen LogP contribution is 2.32. The average Bonchev–Trinajstić information content (AvgIpc) is 2.55. The van der Waals surface area contributed by atoms with Crippen molar-refractivity contribution in [2.75, 3.05) is 7.11 Å². The van der Waals surface area contributed by atoms with Crippen molar-refractivity contribution in [2.24, 2.45) is 0 Å². The van der Waals surface area contributed by atoms with Gasteiger partial charge in [0.2, 0.25) is 0 Å². The number of nitro benzene ring substituents is 1. The summed E-state index contributed by atoms with van der Waals surface area (Å²) in [7, 11) is 1.44. The van der Waals surface area contributed by atoms with Gasteiger partial charge in [0, 0.05) is 25.7 Å². The number of nitro groups is 1. The van der Waals surface area contributed by atoms with E-state index >= 15 is 0 Å². The second-order valence-corrected chi connectivity index (χ2v) is 5.26. The molecule has 0 aromatic heterocycles. The lowest BCUT2D eigenvalue weighted by atomic mass is 9.83. The van der Waals surface area contributed by atoms with Crippen LogP contribution in [-0.4, -0.2) is 35.5 Å². The molecule has 0 radical (unpaired) electrons. The highest BCUT2D eigenvalue weighted by atomic mass is 16.6. The van der Waals surface area contributed by atoms with Gasteiger partial charge in [-0.2, -0.15) is 0 Å². The number of carbonyl (C=O) groups is 2. The molecule has 23 heavy (non-hydrogen) atoms. The highest BCUT2D eigenvalue weighted by molar-refractivity contribution is 5.94. The van der Waals surface area contributed by atoms with Gasteiger partial charge < -0.3 is 9.47 Å². The summed E-state index contributed by atoms with van der Waals surface area (Å²) in [4.78, 5) is 34.5. The Morgan fingerprint density at radius 1 is 1.30 bits per heavy atom. The topological polar surface area (TPSA) is 95.7 Å². The fourth-order valence-corrected chi connectivity index (χ4v) is 2.59. The Bertz CT molecular complexity index is 651. The van der Waals surface area contributed by atoms with Crippen LogP contribution in [0, 0.1) is 10.1 Å². The fourth-order valence-electron chi connectivity index (χ4n) is 2.59. The number of methoxy groups -OCH3 is 1. The number of Topliss-reactive ketones (excluding diaryl/α,β-unsaturated/α-hetero) is 1. The summed E-state index contributed by atoms with van der Waals surface area (Å²) in [6, 6.07) is 5.03. The second kappa shape index (κ2) is 6.70. The van der Waals surface area contributed by atoms with E-state index in [1.54, 1.807) is 6.08 Å². The van der Waals surface area contributed by atoms with Gasteiger partial charge in [0.25, 0.3) is 5.69 Å². The summed E-state index contributed by atoms with van der Waals surface area (Å²) in [5, 5.41) is 10.6. The van der Waals surface area contributed by atoms with E-state index < -0.39 is 22.6 Å². The molecule has 7 nitrogen and oxygen atoms in total. The number of non-ortho nitro benzene ring substituents is 1. The zero-order valence-corrected chi connectivity index (χ0v) is 12.9. The van der Waals surface area contributed by atoms with Gasteiger partial charge in [-0.05, 0) is 25.5 Å². The molecule has 0 fully saturated rings. The number of ketones is 1. The minimum Gasteiger partial charge on any atom is -0.444 e. The third-order valence-corrected chi connectivity index (χ3v) is 3.89. The maximum Gasteiger partial charge on any atom is 0.339 e. The molecule has 1 aliphatic carbocycles. The number of hydrogen-bond acceptors (Lipinski definition) is 6. The van der Waals surface area contributed by atoms with E-state index in [4.69, 9.17) is 9.47 Å². The average molecular weight is 319 g/mol. The zero-order chi connectivity index (χ0) is 17.0. The number of nitrogens with zero attached hydrogens (tertiary/aromatic N) is 1. The zero-order valence-electron chi connectivity index (χ0n) is 12.9. The predicted octanol–water partition coefficient (Wildman–Crippen LogP) is 2.44. The molecule has 122 valence electrons. The third kappa shape index (κ3) is 3.29. The molecule has 0 spiro atoms. The van der Waals surface area contributed by atoms with Crippen molar-refractivity contribution in [1.29, 1.82) is 0 Å². The van der Waals surface area contributed by atoms with Crippen molar-refractivity contribution in [2.45, 2.75) is 31.5 Å². The highest BCUT2D eigenvalue weighted by Gasteiger charge is 2.47. The normalized spacial score (nSPS) is 23.3. The maximum atomic E-state index is 12.3. The summed E-state index contributed by atoms with van der Waals surface area (Å²) < 4.78 is 10.8. The first-order chi connectivity index (χ1) is 10.9. The van der Waals surface area contributed by atoms with Gasteiger partial charge in [-0.25, -0.2) is 4.79 Å². The van der Waals surface area contributed by atoms with E-state index in [0.717, 1.165) is 0 Å². The van der Waals surface area contributed by atoms with Crippen LogP contribution >= 0.6 is 0 Å². The van der Waals surface area contributed by atoms with Gasteiger partial charge in [-0.1, -0.05) is 12.2 Å². The third-order valence-electron chi connectivity index (χ3n) is 3.89. The first kappa shape index (κ1) is 16.8. The lowest BCUT2D eigenvalue weighted by Crippen LogP contribution is -2.53. The molecule has 0 saturated heterocycles. The van der Waals surface area contributed by atoms with Gasteiger partial charge in [0.1, 0.15) is 6.10 Å². The fraction of sp³-hybridized carbons (Fsp3) is 0.375. The van der Waals surface area contributed by atoms with Crippen LogP contribution in [0.1, 0.15) is 30.1 Å². The molecule has 2 atom stereocenters. The number of rotatable bonds is 5. The molecule has 0 amide bonds. The molecule has 1 aliphatic rings. The second-order valence-electron chi connectivity index (χ2n) is 5.26. The SMILES string of the molecule is CO[C@H]1C=CCC[C@@]1(OC(=O)c1ccc([N+](=O)[O-])cc1)C(C)=O. The van der Waals surface area contributed by atoms with E-state index in [0.29, 0.717) is 12.8 Å². The molecule has 0 unspecified atom stereocenters. The minimum atomic E-state index is -1.37. The minimum absolute atomic E-state index is 0.127. The van der Waals surface area contributed by atoms with Crippen LogP contribution in [0.5, 0.6) is 0 Å². The molecule has 0 heterocycles. The molecule has 1 aromatic carbocycles. The van der Waals surface area contributed by atoms with Crippen LogP contribution in [0.4, 0.5) is 5.69 Å². The van der Waals surface area contributed by atoms with Crippen molar-refractivity contribution >= 4 is 17.4 Å². The molecular formula is C16H17NO6. The summed E-state index contributed by atoms with van der Waals surface area (Å²) in [6.07, 6.45) is 3.84. The molecule has 0 bridgehead atoms. The molecular weight excluding hydrogens is 302 g/mol. The van der Waals surface area contributed by atoms with Crippen LogP contribution in [-0.2, 0) is 14.3 Å². The van der Waals surface area contributed by atoms with Crippen LogP contribution in [0.25, 0.3) is 0 Å². The Kier molecular flexibility index (Phi) is 4.90. The number of ether oxygens (including phenoxy) is 2. The van der Waals surface area contributed by atoms with Crippen molar-refractivity contribution in [1.82, 2.24) is 0 Å². The van der Waals surface area contributed by atoms with E-state index in [9.17, 15) is 19.7 Å². The summed E-state index contributed by atoms with van der Waals surface area (Å²) >= 11 is 0.